The highest BCUT2D eigenvalue weighted by molar-refractivity contribution is 5.80. The number of carbonyl (C=O) groups is 1. The van der Waals surface area contributed by atoms with Gasteiger partial charge in [-0.15, -0.1) is 0 Å². The Kier molecular flexibility index (Phi) is 6.63. The lowest BCUT2D eigenvalue weighted by molar-refractivity contribution is -0.127. The Bertz CT molecular complexity index is 787. The van der Waals surface area contributed by atoms with Gasteiger partial charge < -0.3 is 14.8 Å². The Morgan fingerprint density at radius 2 is 1.69 bits per heavy atom. The molecule has 2 aromatic carbocycles. The lowest BCUT2D eigenvalue weighted by Crippen LogP contribution is -2.47. The zero-order valence-corrected chi connectivity index (χ0v) is 18.0. The molecule has 2 aromatic rings. The van der Waals surface area contributed by atoms with Gasteiger partial charge in [0.25, 0.3) is 5.91 Å². The summed E-state index contributed by atoms with van der Waals surface area (Å²) in [5.41, 5.74) is 2.52. The van der Waals surface area contributed by atoms with Crippen LogP contribution in [-0.4, -0.2) is 31.8 Å². The maximum Gasteiger partial charge on any atom is 0.260 e. The third kappa shape index (κ3) is 5.39. The SMILES string of the molecule is C[C@@H](Oc1ccc(C(C)(C)C)cc1)C(=O)NCC1(c2ccccc2)CCOCC1. The smallest absolute Gasteiger partial charge is 0.260 e. The van der Waals surface area contributed by atoms with Crippen LogP contribution in [0, 0.1) is 0 Å². The molecule has 0 aromatic heterocycles. The fourth-order valence-electron chi connectivity index (χ4n) is 3.81. The van der Waals surface area contributed by atoms with E-state index >= 15 is 0 Å². The number of ether oxygens (including phenoxy) is 2. The van der Waals surface area contributed by atoms with Gasteiger partial charge in [0, 0.05) is 25.2 Å². The minimum absolute atomic E-state index is 0.0801. The van der Waals surface area contributed by atoms with Crippen molar-refractivity contribution in [1.82, 2.24) is 5.32 Å². The molecule has 0 saturated carbocycles. The van der Waals surface area contributed by atoms with Crippen molar-refractivity contribution >= 4 is 5.91 Å². The summed E-state index contributed by atoms with van der Waals surface area (Å²) in [5, 5.41) is 3.13. The van der Waals surface area contributed by atoms with Crippen LogP contribution in [0.15, 0.2) is 54.6 Å². The summed E-state index contributed by atoms with van der Waals surface area (Å²) < 4.78 is 11.5. The van der Waals surface area contributed by atoms with Crippen LogP contribution < -0.4 is 10.1 Å². The van der Waals surface area contributed by atoms with Gasteiger partial charge in [0.05, 0.1) is 0 Å². The van der Waals surface area contributed by atoms with E-state index in [0.717, 1.165) is 26.1 Å². The first-order chi connectivity index (χ1) is 13.8. The third-order valence-corrected chi connectivity index (χ3v) is 5.84. The molecule has 1 aliphatic rings. The van der Waals surface area contributed by atoms with Gasteiger partial charge in [0.1, 0.15) is 5.75 Å². The fourth-order valence-corrected chi connectivity index (χ4v) is 3.81. The number of hydrogen-bond acceptors (Lipinski definition) is 3. The van der Waals surface area contributed by atoms with Gasteiger partial charge in [-0.2, -0.15) is 0 Å². The Hall–Kier alpha value is -2.33. The van der Waals surface area contributed by atoms with Crippen LogP contribution in [0.5, 0.6) is 5.75 Å². The molecule has 1 saturated heterocycles. The second-order valence-corrected chi connectivity index (χ2v) is 9.01. The minimum atomic E-state index is -0.553. The lowest BCUT2D eigenvalue weighted by atomic mass is 9.74. The minimum Gasteiger partial charge on any atom is -0.481 e. The number of rotatable bonds is 6. The Morgan fingerprint density at radius 1 is 1.07 bits per heavy atom. The molecule has 0 unspecified atom stereocenters. The first-order valence-electron chi connectivity index (χ1n) is 10.5. The van der Waals surface area contributed by atoms with Crippen molar-refractivity contribution in [3.05, 3.63) is 65.7 Å². The molecule has 156 valence electrons. The van der Waals surface area contributed by atoms with E-state index in [1.165, 1.54) is 11.1 Å². The molecular weight excluding hydrogens is 362 g/mol. The molecule has 1 fully saturated rings. The molecule has 4 nitrogen and oxygen atoms in total. The van der Waals surface area contributed by atoms with Crippen molar-refractivity contribution in [1.29, 1.82) is 0 Å². The van der Waals surface area contributed by atoms with Crippen molar-refractivity contribution in [2.75, 3.05) is 19.8 Å². The predicted octanol–water partition coefficient (Wildman–Crippen LogP) is 4.62. The van der Waals surface area contributed by atoms with Gasteiger partial charge >= 0.3 is 0 Å². The summed E-state index contributed by atoms with van der Waals surface area (Å²) in [5.74, 6) is 0.621. The summed E-state index contributed by atoms with van der Waals surface area (Å²) in [4.78, 5) is 12.7. The Labute approximate surface area is 174 Å². The van der Waals surface area contributed by atoms with Crippen LogP contribution in [0.1, 0.15) is 51.7 Å². The molecule has 1 aliphatic heterocycles. The molecule has 0 radical (unpaired) electrons. The molecule has 1 amide bonds. The van der Waals surface area contributed by atoms with E-state index in [2.05, 4.69) is 62.5 Å². The molecule has 0 spiro atoms. The highest BCUT2D eigenvalue weighted by Gasteiger charge is 2.35. The van der Waals surface area contributed by atoms with E-state index in [9.17, 15) is 4.79 Å². The maximum atomic E-state index is 12.7. The molecular formula is C25H33NO3. The number of carbonyl (C=O) groups excluding carboxylic acids is 1. The van der Waals surface area contributed by atoms with E-state index in [1.54, 1.807) is 6.92 Å². The normalized spacial score (nSPS) is 17.4. The molecule has 29 heavy (non-hydrogen) atoms. The second kappa shape index (κ2) is 9.00. The number of hydrogen-bond donors (Lipinski definition) is 1. The summed E-state index contributed by atoms with van der Waals surface area (Å²) in [6.07, 6.45) is 1.25. The molecule has 1 heterocycles. The average Bonchev–Trinajstić information content (AvgIpc) is 2.73. The van der Waals surface area contributed by atoms with Crippen molar-refractivity contribution in [2.24, 2.45) is 0 Å². The standard InChI is InChI=1S/C25H33NO3/c1-19(29-22-12-10-20(11-13-22)24(2,3)4)23(27)26-18-25(14-16-28-17-15-25)21-8-6-5-7-9-21/h5-13,19H,14-18H2,1-4H3,(H,26,27)/t19-/m1/s1. The largest absolute Gasteiger partial charge is 0.481 e. The van der Waals surface area contributed by atoms with Gasteiger partial charge in [-0.1, -0.05) is 63.2 Å². The average molecular weight is 396 g/mol. The number of benzene rings is 2. The van der Waals surface area contributed by atoms with Crippen LogP contribution in [0.3, 0.4) is 0 Å². The van der Waals surface area contributed by atoms with Crippen molar-refractivity contribution < 1.29 is 14.3 Å². The van der Waals surface area contributed by atoms with Crippen LogP contribution in [-0.2, 0) is 20.4 Å². The molecule has 1 N–H and O–H groups in total. The summed E-state index contributed by atoms with van der Waals surface area (Å²) >= 11 is 0. The van der Waals surface area contributed by atoms with E-state index in [-0.39, 0.29) is 16.7 Å². The lowest BCUT2D eigenvalue weighted by Gasteiger charge is -2.38. The summed E-state index contributed by atoms with van der Waals surface area (Å²) in [7, 11) is 0. The van der Waals surface area contributed by atoms with Crippen LogP contribution in [0.2, 0.25) is 0 Å². The maximum absolute atomic E-state index is 12.7. The highest BCUT2D eigenvalue weighted by Crippen LogP contribution is 2.34. The molecule has 0 aliphatic carbocycles. The second-order valence-electron chi connectivity index (χ2n) is 9.01. The van der Waals surface area contributed by atoms with Gasteiger partial charge in [0.15, 0.2) is 6.10 Å². The first-order valence-corrected chi connectivity index (χ1v) is 10.5. The first kappa shape index (κ1) is 21.4. The number of nitrogens with one attached hydrogen (secondary N) is 1. The van der Waals surface area contributed by atoms with Crippen molar-refractivity contribution in [3.63, 3.8) is 0 Å². The van der Waals surface area contributed by atoms with Gasteiger partial charge in [-0.3, -0.25) is 4.79 Å². The topological polar surface area (TPSA) is 47.6 Å². The third-order valence-electron chi connectivity index (χ3n) is 5.84. The van der Waals surface area contributed by atoms with Crippen molar-refractivity contribution in [2.45, 2.75) is 57.5 Å². The fraction of sp³-hybridized carbons (Fsp3) is 0.480. The van der Waals surface area contributed by atoms with Crippen LogP contribution >= 0.6 is 0 Å². The summed E-state index contributed by atoms with van der Waals surface area (Å²) in [6, 6.07) is 18.4. The van der Waals surface area contributed by atoms with Gasteiger partial charge in [-0.25, -0.2) is 0 Å². The zero-order valence-electron chi connectivity index (χ0n) is 18.0. The Morgan fingerprint density at radius 3 is 2.28 bits per heavy atom. The molecule has 3 rings (SSSR count). The zero-order chi connectivity index (χ0) is 20.9. The van der Waals surface area contributed by atoms with Crippen LogP contribution in [0.25, 0.3) is 0 Å². The van der Waals surface area contributed by atoms with Crippen molar-refractivity contribution in [3.8, 4) is 5.75 Å². The van der Waals surface area contributed by atoms with Crippen LogP contribution in [0.4, 0.5) is 0 Å². The highest BCUT2D eigenvalue weighted by atomic mass is 16.5. The van der Waals surface area contributed by atoms with E-state index in [4.69, 9.17) is 9.47 Å². The Balaban J connectivity index is 1.61. The quantitative estimate of drug-likeness (QED) is 0.777. The van der Waals surface area contributed by atoms with E-state index in [1.807, 2.05) is 18.2 Å². The molecule has 0 bridgehead atoms. The van der Waals surface area contributed by atoms with E-state index in [0.29, 0.717) is 12.3 Å². The molecule has 1 atom stereocenters. The van der Waals surface area contributed by atoms with E-state index < -0.39 is 6.10 Å². The number of amides is 1. The predicted molar refractivity (Wildman–Crippen MR) is 116 cm³/mol. The molecule has 4 heteroatoms. The summed E-state index contributed by atoms with van der Waals surface area (Å²) in [6.45, 7) is 10.4. The van der Waals surface area contributed by atoms with Gasteiger partial charge in [0.2, 0.25) is 0 Å². The van der Waals surface area contributed by atoms with Gasteiger partial charge in [-0.05, 0) is 48.4 Å². The monoisotopic (exact) mass is 395 g/mol.